The predicted molar refractivity (Wildman–Crippen MR) is 77.9 cm³/mol. The Morgan fingerprint density at radius 2 is 1.95 bits per heavy atom. The lowest BCUT2D eigenvalue weighted by Gasteiger charge is -2.09. The molecule has 0 aliphatic carbocycles. The van der Waals surface area contributed by atoms with E-state index in [0.29, 0.717) is 36.2 Å². The molecule has 6 heteroatoms. The van der Waals surface area contributed by atoms with Crippen LogP contribution in [0.3, 0.4) is 0 Å². The highest BCUT2D eigenvalue weighted by Crippen LogP contribution is 2.24. The van der Waals surface area contributed by atoms with Crippen molar-refractivity contribution in [2.45, 2.75) is 6.42 Å². The van der Waals surface area contributed by atoms with Crippen molar-refractivity contribution in [3.63, 3.8) is 0 Å². The molecule has 0 spiro atoms. The molecule has 106 valence electrons. The molecule has 1 rings (SSSR count). The fourth-order valence-electron chi connectivity index (χ4n) is 1.54. The number of carbonyl (C=O) groups excluding carboxylic acids is 1. The number of nitrogens with one attached hydrogen (secondary N) is 2. The maximum absolute atomic E-state index is 11.5. The van der Waals surface area contributed by atoms with Crippen LogP contribution in [-0.2, 0) is 16.0 Å². The van der Waals surface area contributed by atoms with E-state index in [1.165, 1.54) is 0 Å². The Kier molecular flexibility index (Phi) is 7.82. The fourth-order valence-corrected chi connectivity index (χ4v) is 2.12. The van der Waals surface area contributed by atoms with Gasteiger partial charge in [-0.2, -0.15) is 0 Å². The van der Waals surface area contributed by atoms with Gasteiger partial charge in [-0.05, 0) is 24.1 Å². The minimum absolute atomic E-state index is 0.0562. The molecule has 2 N–H and O–H groups in total. The van der Waals surface area contributed by atoms with Gasteiger partial charge in [-0.15, -0.1) is 0 Å². The first kappa shape index (κ1) is 16.2. The van der Waals surface area contributed by atoms with Gasteiger partial charge >= 0.3 is 0 Å². The molecule has 19 heavy (non-hydrogen) atoms. The zero-order valence-electron chi connectivity index (χ0n) is 10.8. The Morgan fingerprint density at radius 3 is 2.58 bits per heavy atom. The van der Waals surface area contributed by atoms with Crippen molar-refractivity contribution in [2.75, 3.05) is 33.4 Å². The zero-order valence-corrected chi connectivity index (χ0v) is 12.4. The molecular weight excluding hydrogens is 287 g/mol. The van der Waals surface area contributed by atoms with Crippen LogP contribution in [-0.4, -0.2) is 39.3 Å². The fraction of sp³-hybridized carbons (Fsp3) is 0.462. The van der Waals surface area contributed by atoms with Crippen LogP contribution in [0.25, 0.3) is 0 Å². The summed E-state index contributed by atoms with van der Waals surface area (Å²) in [6, 6.07) is 5.38. The van der Waals surface area contributed by atoms with Crippen LogP contribution in [0.5, 0.6) is 0 Å². The van der Waals surface area contributed by atoms with Gasteiger partial charge in [0.2, 0.25) is 5.91 Å². The highest BCUT2D eigenvalue weighted by atomic mass is 35.5. The van der Waals surface area contributed by atoms with E-state index < -0.39 is 0 Å². The lowest BCUT2D eigenvalue weighted by molar-refractivity contribution is -0.120. The summed E-state index contributed by atoms with van der Waals surface area (Å²) in [6.07, 6.45) is 0.613. The molecule has 0 radical (unpaired) electrons. The Hall–Kier alpha value is -0.810. The van der Waals surface area contributed by atoms with E-state index >= 15 is 0 Å². The quantitative estimate of drug-likeness (QED) is 0.721. The van der Waals surface area contributed by atoms with Crippen molar-refractivity contribution in [3.05, 3.63) is 33.8 Å². The van der Waals surface area contributed by atoms with Gasteiger partial charge in [-0.3, -0.25) is 4.79 Å². The summed E-state index contributed by atoms with van der Waals surface area (Å²) in [5.74, 6) is -0.0562. The summed E-state index contributed by atoms with van der Waals surface area (Å²) in [6.45, 7) is 2.02. The summed E-state index contributed by atoms with van der Waals surface area (Å²) < 4.78 is 4.87. The molecule has 0 bridgehead atoms. The Labute approximate surface area is 123 Å². The van der Waals surface area contributed by atoms with Crippen LogP contribution in [0.1, 0.15) is 5.56 Å². The summed E-state index contributed by atoms with van der Waals surface area (Å²) in [7, 11) is 1.62. The van der Waals surface area contributed by atoms with Crippen LogP contribution in [0.2, 0.25) is 10.0 Å². The maximum Gasteiger partial charge on any atom is 0.233 e. The number of halogens is 2. The third kappa shape index (κ3) is 6.25. The molecule has 0 fully saturated rings. The first-order valence-electron chi connectivity index (χ1n) is 6.04. The predicted octanol–water partition coefficient (Wildman–Crippen LogP) is 1.89. The normalized spacial score (nSPS) is 10.5. The summed E-state index contributed by atoms with van der Waals surface area (Å²) in [5.41, 5.74) is 0.860. The van der Waals surface area contributed by atoms with Crippen molar-refractivity contribution in [1.29, 1.82) is 0 Å². The average molecular weight is 305 g/mol. The van der Waals surface area contributed by atoms with Crippen LogP contribution in [0.4, 0.5) is 0 Å². The SMILES string of the molecule is COCCNCC(=O)NCCc1c(Cl)cccc1Cl. The van der Waals surface area contributed by atoms with Gasteiger partial charge in [0.05, 0.1) is 13.2 Å². The van der Waals surface area contributed by atoms with Gasteiger partial charge in [-0.25, -0.2) is 0 Å². The first-order chi connectivity index (χ1) is 9.15. The van der Waals surface area contributed by atoms with Gasteiger partial charge in [0.15, 0.2) is 0 Å². The van der Waals surface area contributed by atoms with Crippen molar-refractivity contribution in [2.24, 2.45) is 0 Å². The molecule has 0 saturated heterocycles. The Bertz CT molecular complexity index is 393. The lowest BCUT2D eigenvalue weighted by Crippen LogP contribution is -2.36. The number of ether oxygens (including phenoxy) is 1. The van der Waals surface area contributed by atoms with Gasteiger partial charge in [0.25, 0.3) is 0 Å². The number of rotatable bonds is 8. The van der Waals surface area contributed by atoms with Gasteiger partial charge in [0.1, 0.15) is 0 Å². The monoisotopic (exact) mass is 304 g/mol. The molecule has 0 heterocycles. The average Bonchev–Trinajstić information content (AvgIpc) is 2.38. The van der Waals surface area contributed by atoms with Crippen molar-refractivity contribution in [1.82, 2.24) is 10.6 Å². The zero-order chi connectivity index (χ0) is 14.1. The van der Waals surface area contributed by atoms with Crippen LogP contribution < -0.4 is 10.6 Å². The van der Waals surface area contributed by atoms with E-state index in [1.54, 1.807) is 25.3 Å². The van der Waals surface area contributed by atoms with Crippen LogP contribution in [0, 0.1) is 0 Å². The Morgan fingerprint density at radius 1 is 1.26 bits per heavy atom. The van der Waals surface area contributed by atoms with Gasteiger partial charge < -0.3 is 15.4 Å². The van der Waals surface area contributed by atoms with E-state index in [-0.39, 0.29) is 12.5 Å². The Balaban J connectivity index is 2.24. The molecule has 0 aliphatic heterocycles. The van der Waals surface area contributed by atoms with Crippen molar-refractivity contribution in [3.8, 4) is 0 Å². The highest BCUT2D eigenvalue weighted by molar-refractivity contribution is 6.35. The maximum atomic E-state index is 11.5. The molecule has 0 saturated carbocycles. The van der Waals surface area contributed by atoms with Gasteiger partial charge in [0, 0.05) is 30.2 Å². The smallest absolute Gasteiger partial charge is 0.233 e. The second-order valence-electron chi connectivity index (χ2n) is 3.97. The molecule has 0 atom stereocenters. The second-order valence-corrected chi connectivity index (χ2v) is 4.78. The van der Waals surface area contributed by atoms with E-state index in [4.69, 9.17) is 27.9 Å². The van der Waals surface area contributed by atoms with Crippen molar-refractivity contribution < 1.29 is 9.53 Å². The molecule has 0 aromatic heterocycles. The third-order valence-corrected chi connectivity index (χ3v) is 3.24. The van der Waals surface area contributed by atoms with E-state index in [0.717, 1.165) is 5.56 Å². The topological polar surface area (TPSA) is 50.4 Å². The number of hydrogen-bond acceptors (Lipinski definition) is 3. The molecule has 1 amide bonds. The molecule has 4 nitrogen and oxygen atoms in total. The molecule has 1 aromatic rings. The summed E-state index contributed by atoms with van der Waals surface area (Å²) >= 11 is 12.1. The largest absolute Gasteiger partial charge is 0.383 e. The number of methoxy groups -OCH3 is 1. The number of hydrogen-bond donors (Lipinski definition) is 2. The minimum atomic E-state index is -0.0562. The highest BCUT2D eigenvalue weighted by Gasteiger charge is 2.06. The molecule has 0 aliphatic rings. The molecule has 1 aromatic carbocycles. The number of carbonyl (C=O) groups is 1. The molecule has 0 unspecified atom stereocenters. The van der Waals surface area contributed by atoms with Crippen molar-refractivity contribution >= 4 is 29.1 Å². The standard InChI is InChI=1S/C13H18Cl2N2O2/c1-19-8-7-16-9-13(18)17-6-5-10-11(14)3-2-4-12(10)15/h2-4,16H,5-9H2,1H3,(H,17,18). The van der Waals surface area contributed by atoms with E-state index in [1.807, 2.05) is 0 Å². The second kappa shape index (κ2) is 9.15. The summed E-state index contributed by atoms with van der Waals surface area (Å²) in [4.78, 5) is 11.5. The van der Waals surface area contributed by atoms with Crippen LogP contribution >= 0.6 is 23.2 Å². The number of amides is 1. The lowest BCUT2D eigenvalue weighted by atomic mass is 10.1. The third-order valence-electron chi connectivity index (χ3n) is 2.53. The number of benzene rings is 1. The first-order valence-corrected chi connectivity index (χ1v) is 6.80. The van der Waals surface area contributed by atoms with Gasteiger partial charge in [-0.1, -0.05) is 29.3 Å². The van der Waals surface area contributed by atoms with E-state index in [2.05, 4.69) is 10.6 Å². The summed E-state index contributed by atoms with van der Waals surface area (Å²) in [5, 5.41) is 7.02. The minimum Gasteiger partial charge on any atom is -0.383 e. The molecular formula is C13H18Cl2N2O2. The van der Waals surface area contributed by atoms with Crippen LogP contribution in [0.15, 0.2) is 18.2 Å². The van der Waals surface area contributed by atoms with E-state index in [9.17, 15) is 4.79 Å².